The molecular weight excluding hydrogens is 180 g/mol. The summed E-state index contributed by atoms with van der Waals surface area (Å²) >= 11 is 0. The van der Waals surface area contributed by atoms with Crippen molar-refractivity contribution < 1.29 is 14.3 Å². The van der Waals surface area contributed by atoms with Crippen LogP contribution in [0.4, 0.5) is 0 Å². The van der Waals surface area contributed by atoms with Gasteiger partial charge in [-0.1, -0.05) is 6.07 Å². The van der Waals surface area contributed by atoms with Gasteiger partial charge in [-0.3, -0.25) is 4.79 Å². The van der Waals surface area contributed by atoms with Gasteiger partial charge in [0, 0.05) is 6.92 Å². The smallest absolute Gasteiger partial charge is 0.379 e. The van der Waals surface area contributed by atoms with E-state index in [1.807, 2.05) is 19.9 Å². The highest BCUT2D eigenvalue weighted by Gasteiger charge is 2.10. The van der Waals surface area contributed by atoms with Gasteiger partial charge < -0.3 is 4.74 Å². The second kappa shape index (κ2) is 4.05. The first-order chi connectivity index (χ1) is 6.50. The zero-order valence-corrected chi connectivity index (χ0v) is 8.46. The van der Waals surface area contributed by atoms with Crippen LogP contribution >= 0.6 is 0 Å². The summed E-state index contributed by atoms with van der Waals surface area (Å²) in [6, 6.07) is 5.25. The van der Waals surface area contributed by atoms with Crippen molar-refractivity contribution in [1.82, 2.24) is 0 Å². The highest BCUT2D eigenvalue weighted by Crippen LogP contribution is 2.16. The Bertz CT molecular complexity index is 380. The molecule has 0 heterocycles. The van der Waals surface area contributed by atoms with E-state index in [4.69, 9.17) is 4.74 Å². The predicted octanol–water partition coefficient (Wildman–Crippen LogP) is 1.80. The Balaban J connectivity index is 2.83. The average molecular weight is 192 g/mol. The monoisotopic (exact) mass is 192 g/mol. The molecule has 0 fully saturated rings. The van der Waals surface area contributed by atoms with Crippen molar-refractivity contribution in [3.63, 3.8) is 0 Å². The third-order valence-corrected chi connectivity index (χ3v) is 1.98. The molecule has 0 spiro atoms. The molecular formula is C11H12O3. The lowest BCUT2D eigenvalue weighted by molar-refractivity contribution is -0.146. The first-order valence-electron chi connectivity index (χ1n) is 4.30. The molecule has 0 atom stereocenters. The minimum atomic E-state index is -0.826. The zero-order chi connectivity index (χ0) is 10.7. The summed E-state index contributed by atoms with van der Waals surface area (Å²) in [7, 11) is 0. The van der Waals surface area contributed by atoms with E-state index in [0.29, 0.717) is 5.75 Å². The number of esters is 1. The van der Waals surface area contributed by atoms with Gasteiger partial charge in [-0.25, -0.2) is 4.79 Å². The molecule has 74 valence electrons. The maximum absolute atomic E-state index is 10.9. The van der Waals surface area contributed by atoms with Crippen LogP contribution in [0.1, 0.15) is 18.1 Å². The van der Waals surface area contributed by atoms with E-state index in [9.17, 15) is 9.59 Å². The van der Waals surface area contributed by atoms with Crippen LogP contribution in [0.2, 0.25) is 0 Å². The summed E-state index contributed by atoms with van der Waals surface area (Å²) < 4.78 is 4.82. The molecule has 1 aromatic carbocycles. The van der Waals surface area contributed by atoms with Crippen molar-refractivity contribution in [2.45, 2.75) is 20.8 Å². The van der Waals surface area contributed by atoms with Crippen LogP contribution in [0, 0.1) is 13.8 Å². The van der Waals surface area contributed by atoms with E-state index in [1.54, 1.807) is 12.1 Å². The van der Waals surface area contributed by atoms with Gasteiger partial charge in [0.25, 0.3) is 0 Å². The summed E-state index contributed by atoms with van der Waals surface area (Å²) in [6.07, 6.45) is 0. The summed E-state index contributed by atoms with van der Waals surface area (Å²) in [5.74, 6) is -1.01. The molecule has 0 aliphatic carbocycles. The molecule has 1 aromatic rings. The summed E-state index contributed by atoms with van der Waals surface area (Å²) in [4.78, 5) is 21.6. The first-order valence-corrected chi connectivity index (χ1v) is 4.30. The van der Waals surface area contributed by atoms with E-state index < -0.39 is 11.8 Å². The van der Waals surface area contributed by atoms with Crippen molar-refractivity contribution in [2.75, 3.05) is 0 Å². The number of rotatable bonds is 2. The number of Topliss-reactive ketones (excluding diaryl/α,β-unsaturated/α-hetero) is 1. The fourth-order valence-corrected chi connectivity index (χ4v) is 0.956. The highest BCUT2D eigenvalue weighted by molar-refractivity contribution is 6.33. The van der Waals surface area contributed by atoms with Crippen LogP contribution in [-0.2, 0) is 9.59 Å². The van der Waals surface area contributed by atoms with Crippen LogP contribution in [-0.4, -0.2) is 11.8 Å². The number of aryl methyl sites for hydroxylation is 2. The highest BCUT2D eigenvalue weighted by atomic mass is 16.5. The number of ether oxygens (including phenoxy) is 1. The third-order valence-electron chi connectivity index (χ3n) is 1.98. The van der Waals surface area contributed by atoms with Crippen LogP contribution < -0.4 is 4.74 Å². The molecule has 0 amide bonds. The number of benzene rings is 1. The molecule has 1 rings (SSSR count). The average Bonchev–Trinajstić information content (AvgIpc) is 2.11. The molecule has 0 aromatic heterocycles. The molecule has 0 aliphatic heterocycles. The van der Waals surface area contributed by atoms with E-state index in [2.05, 4.69) is 0 Å². The maximum atomic E-state index is 10.9. The summed E-state index contributed by atoms with van der Waals surface area (Å²) in [5.41, 5.74) is 2.14. The van der Waals surface area contributed by atoms with Crippen molar-refractivity contribution in [3.8, 4) is 5.75 Å². The van der Waals surface area contributed by atoms with Gasteiger partial charge in [0.15, 0.2) is 0 Å². The van der Waals surface area contributed by atoms with E-state index in [-0.39, 0.29) is 0 Å². The predicted molar refractivity (Wildman–Crippen MR) is 52.2 cm³/mol. The molecule has 0 aliphatic rings. The summed E-state index contributed by atoms with van der Waals surface area (Å²) in [6.45, 7) is 5.07. The van der Waals surface area contributed by atoms with Gasteiger partial charge in [0.1, 0.15) is 5.75 Å². The summed E-state index contributed by atoms with van der Waals surface area (Å²) in [5, 5.41) is 0. The second-order valence-electron chi connectivity index (χ2n) is 3.19. The lowest BCUT2D eigenvalue weighted by atomic mass is 10.1. The normalized spacial score (nSPS) is 9.64. The van der Waals surface area contributed by atoms with Gasteiger partial charge in [0.05, 0.1) is 0 Å². The van der Waals surface area contributed by atoms with Crippen LogP contribution in [0.3, 0.4) is 0 Å². The topological polar surface area (TPSA) is 43.4 Å². The van der Waals surface area contributed by atoms with Crippen molar-refractivity contribution >= 4 is 11.8 Å². The Morgan fingerprint density at radius 3 is 2.29 bits per heavy atom. The molecule has 14 heavy (non-hydrogen) atoms. The Labute approximate surface area is 82.7 Å². The van der Waals surface area contributed by atoms with Gasteiger partial charge >= 0.3 is 5.97 Å². The van der Waals surface area contributed by atoms with Gasteiger partial charge in [-0.15, -0.1) is 0 Å². The lowest BCUT2D eigenvalue weighted by Gasteiger charge is -2.04. The standard InChI is InChI=1S/C11H12O3/c1-7-4-5-10(6-8(7)2)14-11(13)9(3)12/h4-6H,1-3H3. The Morgan fingerprint density at radius 2 is 1.79 bits per heavy atom. The fraction of sp³-hybridized carbons (Fsp3) is 0.273. The first kappa shape index (κ1) is 10.4. The molecule has 0 unspecified atom stereocenters. The molecule has 0 radical (unpaired) electrons. The second-order valence-corrected chi connectivity index (χ2v) is 3.19. The molecule has 0 bridgehead atoms. The maximum Gasteiger partial charge on any atom is 0.379 e. The minimum absolute atomic E-state index is 0.410. The number of carbonyl (C=O) groups excluding carboxylic acids is 2. The quantitative estimate of drug-likeness (QED) is 0.407. The van der Waals surface area contributed by atoms with Gasteiger partial charge in [-0.2, -0.15) is 0 Å². The Morgan fingerprint density at radius 1 is 1.14 bits per heavy atom. The van der Waals surface area contributed by atoms with Crippen molar-refractivity contribution in [3.05, 3.63) is 29.3 Å². The lowest BCUT2D eigenvalue weighted by Crippen LogP contribution is -2.16. The molecule has 3 nitrogen and oxygen atoms in total. The van der Waals surface area contributed by atoms with Gasteiger partial charge in [-0.05, 0) is 37.1 Å². The number of hydrogen-bond donors (Lipinski definition) is 0. The number of hydrogen-bond acceptors (Lipinski definition) is 3. The van der Waals surface area contributed by atoms with E-state index in [1.165, 1.54) is 6.92 Å². The van der Waals surface area contributed by atoms with E-state index in [0.717, 1.165) is 11.1 Å². The molecule has 0 saturated heterocycles. The SMILES string of the molecule is CC(=O)C(=O)Oc1ccc(C)c(C)c1. The van der Waals surface area contributed by atoms with Gasteiger partial charge in [0.2, 0.25) is 5.78 Å². The zero-order valence-electron chi connectivity index (χ0n) is 8.46. The molecule has 0 saturated carbocycles. The Hall–Kier alpha value is -1.64. The van der Waals surface area contributed by atoms with Crippen LogP contribution in [0.5, 0.6) is 5.75 Å². The molecule has 3 heteroatoms. The largest absolute Gasteiger partial charge is 0.421 e. The van der Waals surface area contributed by atoms with Crippen LogP contribution in [0.15, 0.2) is 18.2 Å². The number of carbonyl (C=O) groups is 2. The number of ketones is 1. The molecule has 0 N–H and O–H groups in total. The Kier molecular flexibility index (Phi) is 3.02. The van der Waals surface area contributed by atoms with Crippen molar-refractivity contribution in [1.29, 1.82) is 0 Å². The van der Waals surface area contributed by atoms with Crippen LogP contribution in [0.25, 0.3) is 0 Å². The van der Waals surface area contributed by atoms with Crippen molar-refractivity contribution in [2.24, 2.45) is 0 Å². The van der Waals surface area contributed by atoms with E-state index >= 15 is 0 Å². The third kappa shape index (κ3) is 2.42. The minimum Gasteiger partial charge on any atom is -0.421 e. The fourth-order valence-electron chi connectivity index (χ4n) is 0.956.